The molecule has 0 fully saturated rings. The van der Waals surface area contributed by atoms with Gasteiger partial charge in [-0.25, -0.2) is 0 Å². The molecule has 0 bridgehead atoms. The van der Waals surface area contributed by atoms with Crippen LogP contribution in [0.25, 0.3) is 0 Å². The first-order chi connectivity index (χ1) is 10.1. The number of nitrogens with two attached hydrogens (primary N) is 1. The van der Waals surface area contributed by atoms with Crippen LogP contribution in [-0.2, 0) is 14.3 Å². The second-order valence-corrected chi connectivity index (χ2v) is 5.38. The van der Waals surface area contributed by atoms with Crippen molar-refractivity contribution in [1.29, 1.82) is 0 Å². The van der Waals surface area contributed by atoms with Gasteiger partial charge in [0.2, 0.25) is 11.8 Å². The number of allylic oxidation sites excluding steroid dienone is 1. The SMILES string of the molecule is C/C1=C/C(OCC(=O)NCC(=O)NCCN)CCCCC1. The number of amides is 2. The number of rotatable bonds is 7. The Kier molecular flexibility index (Phi) is 8.69. The van der Waals surface area contributed by atoms with Crippen molar-refractivity contribution >= 4 is 11.8 Å². The van der Waals surface area contributed by atoms with Crippen molar-refractivity contribution < 1.29 is 14.3 Å². The highest BCUT2D eigenvalue weighted by Gasteiger charge is 2.12. The average molecular weight is 297 g/mol. The third-order valence-electron chi connectivity index (χ3n) is 3.37. The van der Waals surface area contributed by atoms with E-state index in [4.69, 9.17) is 10.5 Å². The summed E-state index contributed by atoms with van der Waals surface area (Å²) in [5.74, 6) is -0.512. The molecular formula is C15H27N3O3. The molecule has 120 valence electrons. The number of nitrogens with one attached hydrogen (secondary N) is 2. The lowest BCUT2D eigenvalue weighted by molar-refractivity contribution is -0.129. The normalized spacial score (nSPS) is 21.6. The monoisotopic (exact) mass is 297 g/mol. The summed E-state index contributed by atoms with van der Waals surface area (Å²) in [5.41, 5.74) is 6.59. The molecule has 0 saturated heterocycles. The molecule has 2 amide bonds. The zero-order valence-corrected chi connectivity index (χ0v) is 12.8. The van der Waals surface area contributed by atoms with Gasteiger partial charge in [0.05, 0.1) is 12.6 Å². The highest BCUT2D eigenvalue weighted by molar-refractivity contribution is 5.85. The van der Waals surface area contributed by atoms with Crippen LogP contribution in [0.1, 0.15) is 39.0 Å². The molecule has 1 aliphatic carbocycles. The number of hydrogen-bond donors (Lipinski definition) is 3. The van der Waals surface area contributed by atoms with E-state index in [2.05, 4.69) is 23.6 Å². The first kappa shape index (κ1) is 17.7. The van der Waals surface area contributed by atoms with E-state index in [-0.39, 0.29) is 31.1 Å². The first-order valence-corrected chi connectivity index (χ1v) is 7.64. The Morgan fingerprint density at radius 3 is 2.86 bits per heavy atom. The molecule has 0 aliphatic heterocycles. The van der Waals surface area contributed by atoms with Gasteiger partial charge in [-0.15, -0.1) is 0 Å². The van der Waals surface area contributed by atoms with Crippen molar-refractivity contribution in [2.75, 3.05) is 26.2 Å². The van der Waals surface area contributed by atoms with Crippen LogP contribution in [0, 0.1) is 0 Å². The summed E-state index contributed by atoms with van der Waals surface area (Å²) in [6, 6.07) is 0. The predicted molar refractivity (Wildman–Crippen MR) is 81.7 cm³/mol. The van der Waals surface area contributed by atoms with Crippen LogP contribution in [0.4, 0.5) is 0 Å². The number of carbonyl (C=O) groups excluding carboxylic acids is 2. The molecule has 0 aromatic heterocycles. The van der Waals surface area contributed by atoms with E-state index >= 15 is 0 Å². The minimum atomic E-state index is -0.272. The molecule has 21 heavy (non-hydrogen) atoms. The maximum atomic E-state index is 11.6. The third-order valence-corrected chi connectivity index (χ3v) is 3.37. The zero-order chi connectivity index (χ0) is 15.5. The maximum Gasteiger partial charge on any atom is 0.246 e. The molecule has 0 aromatic rings. The summed E-state index contributed by atoms with van der Waals surface area (Å²) < 4.78 is 5.62. The van der Waals surface area contributed by atoms with Crippen LogP contribution in [0.15, 0.2) is 11.6 Å². The smallest absolute Gasteiger partial charge is 0.246 e. The van der Waals surface area contributed by atoms with Crippen molar-refractivity contribution in [2.45, 2.75) is 45.1 Å². The van der Waals surface area contributed by atoms with Gasteiger partial charge in [0.25, 0.3) is 0 Å². The fourth-order valence-electron chi connectivity index (χ4n) is 2.23. The second-order valence-electron chi connectivity index (χ2n) is 5.38. The van der Waals surface area contributed by atoms with E-state index in [0.717, 1.165) is 19.3 Å². The van der Waals surface area contributed by atoms with Crippen LogP contribution >= 0.6 is 0 Å². The molecule has 1 atom stereocenters. The Balaban J connectivity index is 2.23. The highest BCUT2D eigenvalue weighted by Crippen LogP contribution is 2.18. The summed E-state index contributed by atoms with van der Waals surface area (Å²) in [7, 11) is 0. The Bertz CT molecular complexity index is 369. The lowest BCUT2D eigenvalue weighted by Crippen LogP contribution is -2.40. The Hall–Kier alpha value is -1.40. The largest absolute Gasteiger partial charge is 0.364 e. The minimum absolute atomic E-state index is 0.00196. The Morgan fingerprint density at radius 1 is 1.29 bits per heavy atom. The Morgan fingerprint density at radius 2 is 2.10 bits per heavy atom. The molecule has 1 aliphatic rings. The maximum absolute atomic E-state index is 11.6. The average Bonchev–Trinajstić information content (AvgIpc) is 2.45. The Labute approximate surface area is 126 Å². The van der Waals surface area contributed by atoms with Crippen molar-refractivity contribution in [3.63, 3.8) is 0 Å². The quantitative estimate of drug-likeness (QED) is 0.596. The topological polar surface area (TPSA) is 93.4 Å². The van der Waals surface area contributed by atoms with E-state index < -0.39 is 0 Å². The van der Waals surface area contributed by atoms with Gasteiger partial charge in [-0.05, 0) is 26.2 Å². The van der Waals surface area contributed by atoms with Gasteiger partial charge >= 0.3 is 0 Å². The standard InChI is InChI=1S/C15H27N3O3/c1-12-5-3-2-4-6-13(9-12)21-11-15(20)18-10-14(19)17-8-7-16/h9,13H,2-8,10-11,16H2,1H3,(H,17,19)(H,18,20)/b12-9-. The van der Waals surface area contributed by atoms with Gasteiger partial charge in [0.1, 0.15) is 6.61 Å². The molecule has 0 radical (unpaired) electrons. The van der Waals surface area contributed by atoms with Gasteiger partial charge in [-0.2, -0.15) is 0 Å². The van der Waals surface area contributed by atoms with Crippen molar-refractivity contribution in [3.05, 3.63) is 11.6 Å². The molecule has 0 saturated carbocycles. The minimum Gasteiger partial charge on any atom is -0.364 e. The molecular weight excluding hydrogens is 270 g/mol. The lowest BCUT2D eigenvalue weighted by Gasteiger charge is -2.18. The summed E-state index contributed by atoms with van der Waals surface area (Å²) >= 11 is 0. The van der Waals surface area contributed by atoms with E-state index in [1.54, 1.807) is 0 Å². The predicted octanol–water partition coefficient (Wildman–Crippen LogP) is 0.473. The molecule has 0 heterocycles. The number of carbonyl (C=O) groups is 2. The van der Waals surface area contributed by atoms with Crippen LogP contribution < -0.4 is 16.4 Å². The van der Waals surface area contributed by atoms with Crippen molar-refractivity contribution in [1.82, 2.24) is 10.6 Å². The third kappa shape index (κ3) is 8.47. The van der Waals surface area contributed by atoms with Crippen LogP contribution in [0.2, 0.25) is 0 Å². The molecule has 1 rings (SSSR count). The summed E-state index contributed by atoms with van der Waals surface area (Å²) in [6.07, 6.45) is 7.72. The van der Waals surface area contributed by atoms with Gasteiger partial charge in [-0.1, -0.05) is 24.5 Å². The van der Waals surface area contributed by atoms with Gasteiger partial charge in [0.15, 0.2) is 0 Å². The first-order valence-electron chi connectivity index (χ1n) is 7.64. The van der Waals surface area contributed by atoms with Gasteiger partial charge in [0, 0.05) is 13.1 Å². The van der Waals surface area contributed by atoms with Crippen LogP contribution in [0.3, 0.4) is 0 Å². The highest BCUT2D eigenvalue weighted by atomic mass is 16.5. The van der Waals surface area contributed by atoms with E-state index in [1.807, 2.05) is 0 Å². The summed E-state index contributed by atoms with van der Waals surface area (Å²) in [4.78, 5) is 22.9. The molecule has 6 heteroatoms. The van der Waals surface area contributed by atoms with E-state index in [1.165, 1.54) is 18.4 Å². The summed E-state index contributed by atoms with van der Waals surface area (Å²) in [5, 5.41) is 5.12. The fourth-order valence-corrected chi connectivity index (χ4v) is 2.23. The van der Waals surface area contributed by atoms with Crippen LogP contribution in [0.5, 0.6) is 0 Å². The van der Waals surface area contributed by atoms with E-state index in [9.17, 15) is 9.59 Å². The molecule has 4 N–H and O–H groups in total. The van der Waals surface area contributed by atoms with Crippen molar-refractivity contribution in [2.24, 2.45) is 5.73 Å². The van der Waals surface area contributed by atoms with Gasteiger partial charge in [-0.3, -0.25) is 9.59 Å². The summed E-state index contributed by atoms with van der Waals surface area (Å²) in [6.45, 7) is 2.84. The number of ether oxygens (including phenoxy) is 1. The van der Waals surface area contributed by atoms with Crippen LogP contribution in [-0.4, -0.2) is 44.2 Å². The van der Waals surface area contributed by atoms with E-state index in [0.29, 0.717) is 13.1 Å². The molecule has 0 aromatic carbocycles. The molecule has 0 spiro atoms. The van der Waals surface area contributed by atoms with Crippen molar-refractivity contribution in [3.8, 4) is 0 Å². The lowest BCUT2D eigenvalue weighted by atomic mass is 9.99. The second kappa shape index (κ2) is 10.3. The number of hydrogen-bond acceptors (Lipinski definition) is 4. The molecule has 1 unspecified atom stereocenters. The molecule has 6 nitrogen and oxygen atoms in total. The fraction of sp³-hybridized carbons (Fsp3) is 0.733. The van der Waals surface area contributed by atoms with Gasteiger partial charge < -0.3 is 21.1 Å². The zero-order valence-electron chi connectivity index (χ0n) is 12.8.